The molecule has 2 rings (SSSR count). The number of nitrogens with two attached hydrogens (primary N) is 1. The smallest absolute Gasteiger partial charge is 0.119 e. The Bertz CT molecular complexity index is 542. The number of methoxy groups -OCH3 is 1. The quantitative estimate of drug-likeness (QED) is 0.822. The molecule has 0 fully saturated rings. The van der Waals surface area contributed by atoms with Crippen molar-refractivity contribution in [2.24, 2.45) is 5.73 Å². The molecule has 0 aromatic heterocycles. The summed E-state index contributed by atoms with van der Waals surface area (Å²) in [5, 5.41) is 10.5. The first kappa shape index (κ1) is 15.5. The molecular formula is C18H23NO2. The molecule has 0 aliphatic heterocycles. The second-order valence-corrected chi connectivity index (χ2v) is 5.21. The Morgan fingerprint density at radius 1 is 1.10 bits per heavy atom. The SMILES string of the molecule is COc1cccc(C(CN)C(O)CCc2ccccc2)c1. The van der Waals surface area contributed by atoms with Gasteiger partial charge in [-0.1, -0.05) is 42.5 Å². The molecule has 0 saturated carbocycles. The van der Waals surface area contributed by atoms with E-state index >= 15 is 0 Å². The van der Waals surface area contributed by atoms with E-state index in [2.05, 4.69) is 12.1 Å². The van der Waals surface area contributed by atoms with Crippen molar-refractivity contribution in [2.45, 2.75) is 24.9 Å². The van der Waals surface area contributed by atoms with Gasteiger partial charge in [0.2, 0.25) is 0 Å². The molecule has 2 unspecified atom stereocenters. The monoisotopic (exact) mass is 285 g/mol. The minimum Gasteiger partial charge on any atom is -0.497 e. The van der Waals surface area contributed by atoms with Gasteiger partial charge in [0.1, 0.15) is 5.75 Å². The van der Waals surface area contributed by atoms with Crippen LogP contribution in [-0.2, 0) is 6.42 Å². The Kier molecular flexibility index (Phi) is 5.78. The first-order chi connectivity index (χ1) is 10.2. The molecule has 0 heterocycles. The van der Waals surface area contributed by atoms with Crippen molar-refractivity contribution in [3.8, 4) is 5.75 Å². The van der Waals surface area contributed by atoms with E-state index in [4.69, 9.17) is 10.5 Å². The van der Waals surface area contributed by atoms with E-state index < -0.39 is 6.10 Å². The van der Waals surface area contributed by atoms with Gasteiger partial charge in [0.05, 0.1) is 13.2 Å². The molecule has 2 aromatic rings. The van der Waals surface area contributed by atoms with E-state index in [1.54, 1.807) is 7.11 Å². The summed E-state index contributed by atoms with van der Waals surface area (Å²) in [7, 11) is 1.64. The second-order valence-electron chi connectivity index (χ2n) is 5.21. The number of aryl methyl sites for hydroxylation is 1. The van der Waals surface area contributed by atoms with E-state index in [0.29, 0.717) is 13.0 Å². The van der Waals surface area contributed by atoms with Crippen molar-refractivity contribution < 1.29 is 9.84 Å². The molecule has 2 atom stereocenters. The van der Waals surface area contributed by atoms with Crippen LogP contribution in [0.15, 0.2) is 54.6 Å². The van der Waals surface area contributed by atoms with Crippen LogP contribution in [0.2, 0.25) is 0 Å². The van der Waals surface area contributed by atoms with E-state index in [1.165, 1.54) is 5.56 Å². The highest BCUT2D eigenvalue weighted by Gasteiger charge is 2.20. The van der Waals surface area contributed by atoms with Crippen LogP contribution in [0.1, 0.15) is 23.5 Å². The van der Waals surface area contributed by atoms with Gasteiger partial charge in [-0.05, 0) is 36.1 Å². The van der Waals surface area contributed by atoms with E-state index in [0.717, 1.165) is 17.7 Å². The number of aliphatic hydroxyl groups is 1. The second kappa shape index (κ2) is 7.81. The number of hydrogen-bond acceptors (Lipinski definition) is 3. The zero-order chi connectivity index (χ0) is 15.1. The highest BCUT2D eigenvalue weighted by molar-refractivity contribution is 5.31. The van der Waals surface area contributed by atoms with Crippen molar-refractivity contribution in [3.63, 3.8) is 0 Å². The molecule has 21 heavy (non-hydrogen) atoms. The maximum absolute atomic E-state index is 10.5. The molecular weight excluding hydrogens is 262 g/mol. The van der Waals surface area contributed by atoms with Crippen LogP contribution in [0.25, 0.3) is 0 Å². The predicted octanol–water partition coefficient (Wildman–Crippen LogP) is 2.73. The standard InChI is InChI=1S/C18H23NO2/c1-21-16-9-5-8-15(12-16)17(13-19)18(20)11-10-14-6-3-2-4-7-14/h2-9,12,17-18,20H,10-11,13,19H2,1H3. The third-order valence-corrected chi connectivity index (χ3v) is 3.81. The Labute approximate surface area is 126 Å². The Balaban J connectivity index is 2.02. The summed E-state index contributed by atoms with van der Waals surface area (Å²) >= 11 is 0. The highest BCUT2D eigenvalue weighted by Crippen LogP contribution is 2.25. The maximum atomic E-state index is 10.5. The maximum Gasteiger partial charge on any atom is 0.119 e. The zero-order valence-electron chi connectivity index (χ0n) is 12.4. The topological polar surface area (TPSA) is 55.5 Å². The molecule has 3 heteroatoms. The summed E-state index contributed by atoms with van der Waals surface area (Å²) in [5.74, 6) is 0.727. The summed E-state index contributed by atoms with van der Waals surface area (Å²) < 4.78 is 5.24. The average Bonchev–Trinajstić information content (AvgIpc) is 2.55. The van der Waals surface area contributed by atoms with Crippen LogP contribution in [0.5, 0.6) is 5.75 Å². The number of aliphatic hydroxyl groups excluding tert-OH is 1. The number of hydrogen-bond donors (Lipinski definition) is 2. The lowest BCUT2D eigenvalue weighted by Crippen LogP contribution is -2.26. The van der Waals surface area contributed by atoms with E-state index in [-0.39, 0.29) is 5.92 Å². The van der Waals surface area contributed by atoms with Crippen LogP contribution in [0.4, 0.5) is 0 Å². The minimum atomic E-state index is -0.456. The number of rotatable bonds is 7. The normalized spacial score (nSPS) is 13.7. The van der Waals surface area contributed by atoms with E-state index in [9.17, 15) is 5.11 Å². The van der Waals surface area contributed by atoms with Crippen LogP contribution in [0, 0.1) is 0 Å². The summed E-state index contributed by atoms with van der Waals surface area (Å²) in [6, 6.07) is 18.0. The van der Waals surface area contributed by atoms with Crippen molar-refractivity contribution >= 4 is 0 Å². The predicted molar refractivity (Wildman–Crippen MR) is 85.6 cm³/mol. The average molecular weight is 285 g/mol. The highest BCUT2D eigenvalue weighted by atomic mass is 16.5. The molecule has 0 bridgehead atoms. The lowest BCUT2D eigenvalue weighted by Gasteiger charge is -2.22. The lowest BCUT2D eigenvalue weighted by molar-refractivity contribution is 0.136. The third kappa shape index (κ3) is 4.31. The van der Waals surface area contributed by atoms with Crippen LogP contribution in [-0.4, -0.2) is 24.9 Å². The molecule has 0 aliphatic carbocycles. The van der Waals surface area contributed by atoms with Gasteiger partial charge in [-0.3, -0.25) is 0 Å². The number of ether oxygens (including phenoxy) is 1. The largest absolute Gasteiger partial charge is 0.497 e. The Morgan fingerprint density at radius 3 is 2.52 bits per heavy atom. The summed E-state index contributed by atoms with van der Waals surface area (Å²) in [6.45, 7) is 0.420. The molecule has 0 aliphatic rings. The van der Waals surface area contributed by atoms with Gasteiger partial charge >= 0.3 is 0 Å². The summed E-state index contributed by atoms with van der Waals surface area (Å²) in [5.41, 5.74) is 8.12. The summed E-state index contributed by atoms with van der Waals surface area (Å²) in [6.07, 6.45) is 1.09. The van der Waals surface area contributed by atoms with Crippen molar-refractivity contribution in [3.05, 3.63) is 65.7 Å². The summed E-state index contributed by atoms with van der Waals surface area (Å²) in [4.78, 5) is 0. The molecule has 3 nitrogen and oxygen atoms in total. The minimum absolute atomic E-state index is 0.0659. The van der Waals surface area contributed by atoms with Gasteiger partial charge < -0.3 is 15.6 Å². The molecule has 112 valence electrons. The third-order valence-electron chi connectivity index (χ3n) is 3.81. The van der Waals surface area contributed by atoms with Crippen molar-refractivity contribution in [1.82, 2.24) is 0 Å². The van der Waals surface area contributed by atoms with Gasteiger partial charge in [-0.25, -0.2) is 0 Å². The zero-order valence-corrected chi connectivity index (χ0v) is 12.4. The van der Waals surface area contributed by atoms with Gasteiger partial charge in [0.25, 0.3) is 0 Å². The van der Waals surface area contributed by atoms with Crippen molar-refractivity contribution in [2.75, 3.05) is 13.7 Å². The van der Waals surface area contributed by atoms with E-state index in [1.807, 2.05) is 42.5 Å². The van der Waals surface area contributed by atoms with Crippen LogP contribution >= 0.6 is 0 Å². The fourth-order valence-electron chi connectivity index (χ4n) is 2.55. The molecule has 0 saturated heterocycles. The van der Waals surface area contributed by atoms with Gasteiger partial charge in [0.15, 0.2) is 0 Å². The molecule has 0 amide bonds. The molecule has 3 N–H and O–H groups in total. The fourth-order valence-corrected chi connectivity index (χ4v) is 2.55. The molecule has 0 radical (unpaired) electrons. The number of benzene rings is 2. The Morgan fingerprint density at radius 2 is 1.86 bits per heavy atom. The molecule has 2 aromatic carbocycles. The fraction of sp³-hybridized carbons (Fsp3) is 0.333. The molecule has 0 spiro atoms. The lowest BCUT2D eigenvalue weighted by atomic mass is 9.90. The van der Waals surface area contributed by atoms with Crippen molar-refractivity contribution in [1.29, 1.82) is 0 Å². The Hall–Kier alpha value is -1.84. The van der Waals surface area contributed by atoms with Crippen LogP contribution < -0.4 is 10.5 Å². The van der Waals surface area contributed by atoms with Crippen LogP contribution in [0.3, 0.4) is 0 Å². The first-order valence-electron chi connectivity index (χ1n) is 7.30. The van der Waals surface area contributed by atoms with Gasteiger partial charge in [-0.2, -0.15) is 0 Å². The van der Waals surface area contributed by atoms with Gasteiger partial charge in [0, 0.05) is 12.5 Å². The van der Waals surface area contributed by atoms with Gasteiger partial charge in [-0.15, -0.1) is 0 Å². The first-order valence-corrected chi connectivity index (χ1v) is 7.30.